The highest BCUT2D eigenvalue weighted by molar-refractivity contribution is 4.63. The van der Waals surface area contributed by atoms with Crippen LogP contribution < -0.4 is 0 Å². The van der Waals surface area contributed by atoms with Crippen LogP contribution in [0, 0.1) is 0 Å². The van der Waals surface area contributed by atoms with Crippen molar-refractivity contribution < 1.29 is 52.5 Å². The highest BCUT2D eigenvalue weighted by Crippen LogP contribution is 1.86. The minimum atomic E-state index is 0.0287. The van der Waals surface area contributed by atoms with Gasteiger partial charge in [-0.1, -0.05) is 6.08 Å². The van der Waals surface area contributed by atoms with Gasteiger partial charge in [-0.05, 0) is 0 Å². The van der Waals surface area contributed by atoms with Crippen molar-refractivity contribution in [2.75, 3.05) is 139 Å². The maximum Gasteiger partial charge on any atom is 0.0704 e. The SMILES string of the molecule is C=CCOCCOCCOCCOCCOCCOCCOCCOCCOCCOCCO. The fraction of sp³-hybridized carbons (Fsp3) is 0.913. The van der Waals surface area contributed by atoms with Crippen molar-refractivity contribution in [3.63, 3.8) is 0 Å². The quantitative estimate of drug-likeness (QED) is 0.105. The molecule has 0 atom stereocenters. The Morgan fingerprint density at radius 2 is 0.559 bits per heavy atom. The van der Waals surface area contributed by atoms with Crippen LogP contribution in [0.25, 0.3) is 0 Å². The Labute approximate surface area is 204 Å². The predicted molar refractivity (Wildman–Crippen MR) is 125 cm³/mol. The summed E-state index contributed by atoms with van der Waals surface area (Å²) in [5.41, 5.74) is 0. The average molecular weight is 499 g/mol. The molecule has 204 valence electrons. The first kappa shape index (κ1) is 33.3. The van der Waals surface area contributed by atoms with Gasteiger partial charge in [0.25, 0.3) is 0 Å². The lowest BCUT2D eigenvalue weighted by atomic mass is 10.6. The van der Waals surface area contributed by atoms with E-state index in [0.29, 0.717) is 132 Å². The predicted octanol–water partition coefficient (Wildman–Crippen LogP) is 0.331. The molecule has 0 bridgehead atoms. The zero-order valence-electron chi connectivity index (χ0n) is 20.7. The normalized spacial score (nSPS) is 11.3. The molecule has 0 aromatic heterocycles. The molecule has 0 aromatic carbocycles. The van der Waals surface area contributed by atoms with Crippen LogP contribution in [0.4, 0.5) is 0 Å². The van der Waals surface area contributed by atoms with Gasteiger partial charge in [0, 0.05) is 0 Å². The molecular weight excluding hydrogens is 452 g/mol. The van der Waals surface area contributed by atoms with Gasteiger partial charge >= 0.3 is 0 Å². The van der Waals surface area contributed by atoms with Gasteiger partial charge in [0.2, 0.25) is 0 Å². The minimum Gasteiger partial charge on any atom is -0.394 e. The van der Waals surface area contributed by atoms with Crippen LogP contribution in [0.2, 0.25) is 0 Å². The number of aliphatic hydroxyl groups excluding tert-OH is 1. The highest BCUT2D eigenvalue weighted by atomic mass is 16.6. The maximum atomic E-state index is 8.55. The molecule has 1 N–H and O–H groups in total. The summed E-state index contributed by atoms with van der Waals surface area (Å²) in [6.07, 6.45) is 1.71. The van der Waals surface area contributed by atoms with Gasteiger partial charge in [-0.15, -0.1) is 6.58 Å². The lowest BCUT2D eigenvalue weighted by Gasteiger charge is -2.09. The van der Waals surface area contributed by atoms with Gasteiger partial charge in [-0.3, -0.25) is 0 Å². The molecule has 0 rings (SSSR count). The van der Waals surface area contributed by atoms with Crippen molar-refractivity contribution in [3.05, 3.63) is 12.7 Å². The van der Waals surface area contributed by atoms with E-state index in [0.717, 1.165) is 0 Å². The summed E-state index contributed by atoms with van der Waals surface area (Å²) in [5, 5.41) is 8.55. The molecular formula is C23H46O11. The van der Waals surface area contributed by atoms with Crippen molar-refractivity contribution >= 4 is 0 Å². The van der Waals surface area contributed by atoms with Crippen molar-refractivity contribution in [1.29, 1.82) is 0 Å². The average Bonchev–Trinajstić information content (AvgIpc) is 2.85. The molecule has 11 heteroatoms. The number of rotatable bonds is 31. The first-order valence-corrected chi connectivity index (χ1v) is 11.9. The maximum absolute atomic E-state index is 8.55. The third kappa shape index (κ3) is 31.3. The summed E-state index contributed by atoms with van der Waals surface area (Å²) in [6, 6.07) is 0. The van der Waals surface area contributed by atoms with E-state index in [4.69, 9.17) is 52.5 Å². The van der Waals surface area contributed by atoms with Gasteiger partial charge in [0.15, 0.2) is 0 Å². The second kappa shape index (κ2) is 32.3. The first-order valence-electron chi connectivity index (χ1n) is 11.9. The van der Waals surface area contributed by atoms with Gasteiger partial charge < -0.3 is 52.5 Å². The number of hydrogen-bond donors (Lipinski definition) is 1. The summed E-state index contributed by atoms with van der Waals surface area (Å²) in [4.78, 5) is 0. The van der Waals surface area contributed by atoms with E-state index in [-0.39, 0.29) is 6.61 Å². The smallest absolute Gasteiger partial charge is 0.0704 e. The van der Waals surface area contributed by atoms with E-state index in [1.54, 1.807) is 6.08 Å². The lowest BCUT2D eigenvalue weighted by Crippen LogP contribution is -2.15. The van der Waals surface area contributed by atoms with Crippen LogP contribution in [0.5, 0.6) is 0 Å². The van der Waals surface area contributed by atoms with Gasteiger partial charge in [-0.2, -0.15) is 0 Å². The molecule has 0 saturated heterocycles. The molecule has 0 amide bonds. The molecule has 0 unspecified atom stereocenters. The largest absolute Gasteiger partial charge is 0.394 e. The number of aliphatic hydroxyl groups is 1. The zero-order chi connectivity index (χ0) is 24.6. The fourth-order valence-corrected chi connectivity index (χ4v) is 2.21. The molecule has 0 aliphatic carbocycles. The summed E-state index contributed by atoms with van der Waals surface area (Å²) in [6.45, 7) is 13.8. The summed E-state index contributed by atoms with van der Waals surface area (Å²) in [7, 11) is 0. The molecule has 0 aliphatic rings. The van der Waals surface area contributed by atoms with Crippen LogP contribution >= 0.6 is 0 Å². The molecule has 0 heterocycles. The van der Waals surface area contributed by atoms with Crippen molar-refractivity contribution in [2.24, 2.45) is 0 Å². The van der Waals surface area contributed by atoms with Gasteiger partial charge in [0.05, 0.1) is 139 Å². The minimum absolute atomic E-state index is 0.0287. The van der Waals surface area contributed by atoms with Crippen molar-refractivity contribution in [2.45, 2.75) is 0 Å². The van der Waals surface area contributed by atoms with E-state index in [1.807, 2.05) is 0 Å². The molecule has 0 spiro atoms. The van der Waals surface area contributed by atoms with Crippen LogP contribution in [-0.4, -0.2) is 144 Å². The van der Waals surface area contributed by atoms with Crippen LogP contribution in [-0.2, 0) is 47.4 Å². The monoisotopic (exact) mass is 498 g/mol. The molecule has 0 aromatic rings. The Morgan fingerprint density at radius 3 is 0.765 bits per heavy atom. The summed E-state index contributed by atoms with van der Waals surface area (Å²) in [5.74, 6) is 0. The number of ether oxygens (including phenoxy) is 10. The fourth-order valence-electron chi connectivity index (χ4n) is 2.21. The molecule has 0 radical (unpaired) electrons. The summed E-state index contributed by atoms with van der Waals surface area (Å²) < 4.78 is 53.4. The molecule has 34 heavy (non-hydrogen) atoms. The Kier molecular flexibility index (Phi) is 31.6. The van der Waals surface area contributed by atoms with Crippen LogP contribution in [0.3, 0.4) is 0 Å². The Morgan fingerprint density at radius 1 is 0.353 bits per heavy atom. The van der Waals surface area contributed by atoms with Gasteiger partial charge in [0.1, 0.15) is 0 Å². The van der Waals surface area contributed by atoms with E-state index < -0.39 is 0 Å². The second-order valence-corrected chi connectivity index (χ2v) is 6.60. The molecule has 11 nitrogen and oxygen atoms in total. The Hall–Kier alpha value is -0.700. The highest BCUT2D eigenvalue weighted by Gasteiger charge is 1.95. The van der Waals surface area contributed by atoms with Gasteiger partial charge in [-0.25, -0.2) is 0 Å². The molecule has 0 saturated carbocycles. The zero-order valence-corrected chi connectivity index (χ0v) is 20.7. The number of hydrogen-bond acceptors (Lipinski definition) is 11. The van der Waals surface area contributed by atoms with E-state index in [1.165, 1.54) is 0 Å². The van der Waals surface area contributed by atoms with Crippen LogP contribution in [0.15, 0.2) is 12.7 Å². The molecule has 0 aliphatic heterocycles. The van der Waals surface area contributed by atoms with E-state index >= 15 is 0 Å². The van der Waals surface area contributed by atoms with E-state index in [2.05, 4.69) is 6.58 Å². The van der Waals surface area contributed by atoms with Crippen molar-refractivity contribution in [3.8, 4) is 0 Å². The van der Waals surface area contributed by atoms with E-state index in [9.17, 15) is 0 Å². The third-order valence-corrected chi connectivity index (χ3v) is 3.82. The van der Waals surface area contributed by atoms with Crippen LogP contribution in [0.1, 0.15) is 0 Å². The summed E-state index contributed by atoms with van der Waals surface area (Å²) >= 11 is 0. The Bertz CT molecular complexity index is 375. The lowest BCUT2D eigenvalue weighted by molar-refractivity contribution is -0.0265. The Balaban J connectivity index is 3.00. The molecule has 0 fully saturated rings. The second-order valence-electron chi connectivity index (χ2n) is 6.60. The first-order chi connectivity index (χ1) is 16.9. The third-order valence-electron chi connectivity index (χ3n) is 3.82. The standard InChI is InChI=1S/C23H46O11/c1-2-4-25-6-8-27-10-12-29-14-16-31-18-20-33-22-23-34-21-19-32-17-15-30-13-11-28-9-7-26-5-3-24/h2,24H,1,3-23H2. The topological polar surface area (TPSA) is 113 Å². The van der Waals surface area contributed by atoms with Crippen molar-refractivity contribution in [1.82, 2.24) is 0 Å².